The number of hydrogen-bond acceptors (Lipinski definition) is 4. The van der Waals surface area contributed by atoms with E-state index in [-0.39, 0.29) is 23.8 Å². The molecule has 2 aliphatic rings. The number of carbonyl (C=O) groups is 3. The van der Waals surface area contributed by atoms with E-state index in [4.69, 9.17) is 0 Å². The summed E-state index contributed by atoms with van der Waals surface area (Å²) in [5.74, 6) is -0.197. The third-order valence-corrected chi connectivity index (χ3v) is 9.98. The summed E-state index contributed by atoms with van der Waals surface area (Å²) >= 11 is 0. The zero-order valence-electron chi connectivity index (χ0n) is 27.8. The molecule has 8 nitrogen and oxygen atoms in total. The zero-order valence-corrected chi connectivity index (χ0v) is 27.8. The Morgan fingerprint density at radius 1 is 0.792 bits per heavy atom. The number of benzene rings is 3. The zero-order chi connectivity index (χ0) is 33.5. The van der Waals surface area contributed by atoms with E-state index in [9.17, 15) is 14.4 Å². The normalized spacial score (nSPS) is 15.5. The number of hydrogen-bond donors (Lipinski definition) is 0. The van der Waals surface area contributed by atoms with Gasteiger partial charge in [-0.25, -0.2) is 0 Å². The van der Waals surface area contributed by atoms with Crippen LogP contribution < -0.4 is 4.90 Å². The van der Waals surface area contributed by atoms with Crippen LogP contribution in [-0.4, -0.2) is 49.7 Å². The largest absolute Gasteiger partial charge is 0.347 e. The first-order valence-electron chi connectivity index (χ1n) is 16.5. The van der Waals surface area contributed by atoms with Gasteiger partial charge in [0, 0.05) is 80.2 Å². The summed E-state index contributed by atoms with van der Waals surface area (Å²) in [4.78, 5) is 51.2. The molecule has 0 bridgehead atoms. The number of nitrogens with zero attached hydrogens (tertiary/aromatic N) is 5. The lowest BCUT2D eigenvalue weighted by molar-refractivity contribution is -0.129. The Morgan fingerprint density at radius 3 is 2.21 bits per heavy atom. The predicted molar refractivity (Wildman–Crippen MR) is 187 cm³/mol. The third-order valence-electron chi connectivity index (χ3n) is 9.98. The Hall–Kier alpha value is -5.50. The topological polar surface area (TPSA) is 78.8 Å². The molecule has 0 N–H and O–H groups in total. The van der Waals surface area contributed by atoms with Crippen LogP contribution in [0, 0.1) is 6.92 Å². The fourth-order valence-corrected chi connectivity index (χ4v) is 7.12. The van der Waals surface area contributed by atoms with Gasteiger partial charge < -0.3 is 14.4 Å². The minimum atomic E-state index is -0.170. The number of carbonyl (C=O) groups excluding carboxylic acids is 3. The number of amides is 3. The molecule has 1 atom stereocenters. The van der Waals surface area contributed by atoms with Gasteiger partial charge in [-0.15, -0.1) is 0 Å². The van der Waals surface area contributed by atoms with Gasteiger partial charge in [-0.3, -0.25) is 24.3 Å². The molecule has 4 heterocycles. The van der Waals surface area contributed by atoms with E-state index in [2.05, 4.69) is 36.2 Å². The van der Waals surface area contributed by atoms with E-state index in [0.29, 0.717) is 42.9 Å². The molecule has 48 heavy (non-hydrogen) atoms. The third kappa shape index (κ3) is 5.57. The van der Waals surface area contributed by atoms with Crippen molar-refractivity contribution in [3.63, 3.8) is 0 Å². The Balaban J connectivity index is 1.34. The maximum atomic E-state index is 14.7. The van der Waals surface area contributed by atoms with Gasteiger partial charge in [0.1, 0.15) is 0 Å². The number of rotatable bonds is 5. The molecule has 3 aromatic carbocycles. The quantitative estimate of drug-likeness (QED) is 0.211. The van der Waals surface area contributed by atoms with E-state index in [0.717, 1.165) is 45.7 Å². The number of anilines is 2. The molecule has 7 rings (SSSR count). The lowest BCUT2D eigenvalue weighted by atomic mass is 9.89. The molecule has 242 valence electrons. The van der Waals surface area contributed by atoms with Gasteiger partial charge >= 0.3 is 0 Å². The summed E-state index contributed by atoms with van der Waals surface area (Å²) in [6.07, 6.45) is 4.84. The predicted octanol–water partition coefficient (Wildman–Crippen LogP) is 6.87. The van der Waals surface area contributed by atoms with Gasteiger partial charge in [0.25, 0.3) is 11.8 Å². The van der Waals surface area contributed by atoms with Crippen molar-refractivity contribution in [1.82, 2.24) is 19.4 Å². The maximum absolute atomic E-state index is 14.7. The van der Waals surface area contributed by atoms with Crippen molar-refractivity contribution >= 4 is 29.1 Å². The highest BCUT2D eigenvalue weighted by molar-refractivity contribution is 6.12. The first kappa shape index (κ1) is 31.1. The molecular weight excluding hydrogens is 598 g/mol. The van der Waals surface area contributed by atoms with Gasteiger partial charge in [0.15, 0.2) is 0 Å². The van der Waals surface area contributed by atoms with Crippen molar-refractivity contribution < 1.29 is 14.4 Å². The monoisotopic (exact) mass is 637 g/mol. The molecule has 0 fully saturated rings. The maximum Gasteiger partial charge on any atom is 0.264 e. The van der Waals surface area contributed by atoms with Crippen LogP contribution in [0.1, 0.15) is 62.5 Å². The van der Waals surface area contributed by atoms with E-state index < -0.39 is 0 Å². The van der Waals surface area contributed by atoms with Crippen LogP contribution in [0.5, 0.6) is 0 Å². The van der Waals surface area contributed by atoms with Crippen LogP contribution in [0.3, 0.4) is 0 Å². The molecule has 0 saturated heterocycles. The molecule has 5 aromatic rings. The highest BCUT2D eigenvalue weighted by Crippen LogP contribution is 2.36. The van der Waals surface area contributed by atoms with E-state index >= 15 is 0 Å². The fraction of sp³-hybridized carbons (Fsp3) is 0.250. The Kier molecular flexibility index (Phi) is 8.17. The van der Waals surface area contributed by atoms with Gasteiger partial charge in [-0.2, -0.15) is 0 Å². The Morgan fingerprint density at radius 2 is 1.48 bits per heavy atom. The minimum Gasteiger partial charge on any atom is -0.347 e. The SMILES string of the molecule is CC(=O)N1CCc2cc(-c3cc(C(=O)N(c4ccccc4)c4ccncc4)c(C)n3C)c(C(=O)N3Cc4ccccc4C[C@H]3C)cc2C1. The van der Waals surface area contributed by atoms with Crippen molar-refractivity contribution in [1.29, 1.82) is 0 Å². The molecule has 0 unspecified atom stereocenters. The van der Waals surface area contributed by atoms with Gasteiger partial charge in [0.2, 0.25) is 5.91 Å². The second kappa shape index (κ2) is 12.6. The van der Waals surface area contributed by atoms with E-state index in [1.165, 1.54) is 5.56 Å². The summed E-state index contributed by atoms with van der Waals surface area (Å²) in [6, 6.07) is 27.6. The van der Waals surface area contributed by atoms with Gasteiger partial charge in [-0.05, 0) is 91.4 Å². The lowest BCUT2D eigenvalue weighted by Crippen LogP contribution is -2.43. The minimum absolute atomic E-state index is 0.0112. The second-order valence-corrected chi connectivity index (χ2v) is 12.9. The van der Waals surface area contributed by atoms with Crippen molar-refractivity contribution in [3.05, 3.63) is 136 Å². The molecular formula is C40H39N5O3. The van der Waals surface area contributed by atoms with Crippen LogP contribution in [-0.2, 0) is 37.8 Å². The number of fused-ring (bicyclic) bond motifs is 2. The van der Waals surface area contributed by atoms with Crippen LogP contribution in [0.2, 0.25) is 0 Å². The molecule has 8 heteroatoms. The fourth-order valence-electron chi connectivity index (χ4n) is 7.12. The molecule has 2 aromatic heterocycles. The second-order valence-electron chi connectivity index (χ2n) is 12.9. The first-order chi connectivity index (χ1) is 23.2. The van der Waals surface area contributed by atoms with Crippen LogP contribution in [0.15, 0.2) is 97.3 Å². The van der Waals surface area contributed by atoms with E-state index in [1.807, 2.05) is 89.0 Å². The van der Waals surface area contributed by atoms with Crippen molar-refractivity contribution in [2.45, 2.75) is 52.7 Å². The number of aromatic nitrogens is 2. The standard InChI is InChI=1S/C40H39N5O3/c1-26-20-29-10-8-9-11-31(29)25-44(26)39(47)37-22-32-24-43(28(3)46)19-16-30(32)21-36(37)38-23-35(27(2)42(38)4)40(48)45(33-12-6-5-7-13-33)34-14-17-41-18-15-34/h5-15,17-18,21-23,26H,16,19-20,24-25H2,1-4H3/t26-/m1/s1. The van der Waals surface area contributed by atoms with Crippen LogP contribution in [0.4, 0.5) is 11.4 Å². The van der Waals surface area contributed by atoms with Crippen molar-refractivity contribution in [2.24, 2.45) is 7.05 Å². The smallest absolute Gasteiger partial charge is 0.264 e. The number of para-hydroxylation sites is 1. The van der Waals surface area contributed by atoms with Gasteiger partial charge in [0.05, 0.1) is 11.3 Å². The molecule has 0 saturated carbocycles. The molecule has 0 radical (unpaired) electrons. The van der Waals surface area contributed by atoms with Gasteiger partial charge in [-0.1, -0.05) is 42.5 Å². The first-order valence-corrected chi connectivity index (χ1v) is 16.5. The summed E-state index contributed by atoms with van der Waals surface area (Å²) in [5, 5.41) is 0. The number of pyridine rings is 1. The Labute approximate surface area is 281 Å². The summed E-state index contributed by atoms with van der Waals surface area (Å²) in [6.45, 7) is 7.26. The van der Waals surface area contributed by atoms with Crippen LogP contribution in [0.25, 0.3) is 11.3 Å². The van der Waals surface area contributed by atoms with Crippen LogP contribution >= 0.6 is 0 Å². The van der Waals surface area contributed by atoms with Crippen molar-refractivity contribution in [2.75, 3.05) is 11.4 Å². The highest BCUT2D eigenvalue weighted by Gasteiger charge is 2.32. The summed E-state index contributed by atoms with van der Waals surface area (Å²) in [5.41, 5.74) is 9.51. The molecule has 0 spiro atoms. The summed E-state index contributed by atoms with van der Waals surface area (Å²) in [7, 11) is 1.95. The average Bonchev–Trinajstić information content (AvgIpc) is 3.41. The molecule has 3 amide bonds. The van der Waals surface area contributed by atoms with Crippen molar-refractivity contribution in [3.8, 4) is 11.3 Å². The highest BCUT2D eigenvalue weighted by atomic mass is 16.2. The molecule has 2 aliphatic heterocycles. The summed E-state index contributed by atoms with van der Waals surface area (Å²) < 4.78 is 2.01. The lowest BCUT2D eigenvalue weighted by Gasteiger charge is -2.36. The Bertz CT molecular complexity index is 2000. The molecule has 0 aliphatic carbocycles. The van der Waals surface area contributed by atoms with E-state index in [1.54, 1.807) is 24.2 Å². The average molecular weight is 638 g/mol.